The molecule has 0 saturated heterocycles. The summed E-state index contributed by atoms with van der Waals surface area (Å²) in [5.41, 5.74) is 1.03. The zero-order valence-corrected chi connectivity index (χ0v) is 15.2. The maximum Gasteiger partial charge on any atom is 0.286 e. The topological polar surface area (TPSA) is 93.2 Å². The van der Waals surface area contributed by atoms with Gasteiger partial charge in [-0.25, -0.2) is 0 Å². The molecule has 0 aliphatic heterocycles. The lowest BCUT2D eigenvalue weighted by Crippen LogP contribution is -2.25. The lowest BCUT2D eigenvalue weighted by atomic mass is 10.2. The second-order valence-corrected chi connectivity index (χ2v) is 6.45. The van der Waals surface area contributed by atoms with Crippen LogP contribution >= 0.6 is 11.3 Å². The maximum absolute atomic E-state index is 12.2. The van der Waals surface area contributed by atoms with E-state index >= 15 is 0 Å². The number of anilines is 1. The van der Waals surface area contributed by atoms with Gasteiger partial charge in [0.25, 0.3) is 11.8 Å². The fourth-order valence-electron chi connectivity index (χ4n) is 2.10. The van der Waals surface area contributed by atoms with Crippen LogP contribution in [0.25, 0.3) is 0 Å². The van der Waals surface area contributed by atoms with Crippen molar-refractivity contribution in [2.45, 2.75) is 26.2 Å². The number of carbonyl (C=O) groups is 2. The molecular weight excluding hydrogens is 340 g/mol. The number of amides is 2. The van der Waals surface area contributed by atoms with E-state index < -0.39 is 0 Å². The number of carbonyl (C=O) groups excluding carboxylic acids is 2. The molecule has 0 fully saturated rings. The summed E-state index contributed by atoms with van der Waals surface area (Å²) in [6, 6.07) is 6.79. The molecule has 1 aromatic heterocycles. The number of ether oxygens (including phenoxy) is 1. The van der Waals surface area contributed by atoms with Crippen molar-refractivity contribution in [3.63, 3.8) is 0 Å². The average molecular weight is 362 g/mol. The number of nitrogens with zero attached hydrogens (tertiary/aromatic N) is 2. The number of hydrogen-bond donors (Lipinski definition) is 2. The molecule has 0 radical (unpaired) electrons. The average Bonchev–Trinajstić information content (AvgIpc) is 3.08. The molecule has 1 heterocycles. The first kappa shape index (κ1) is 19.0. The van der Waals surface area contributed by atoms with E-state index in [0.717, 1.165) is 24.3 Å². The van der Waals surface area contributed by atoms with Crippen molar-refractivity contribution in [3.05, 3.63) is 39.8 Å². The van der Waals surface area contributed by atoms with Crippen molar-refractivity contribution in [3.8, 4) is 0 Å². The van der Waals surface area contributed by atoms with Crippen LogP contribution in [0.15, 0.2) is 24.3 Å². The number of aryl methyl sites for hydroxylation is 1. The van der Waals surface area contributed by atoms with Crippen LogP contribution in [0.3, 0.4) is 0 Å². The summed E-state index contributed by atoms with van der Waals surface area (Å²) < 4.78 is 4.94. The van der Waals surface area contributed by atoms with Crippen LogP contribution < -0.4 is 10.6 Å². The van der Waals surface area contributed by atoms with E-state index in [1.54, 1.807) is 31.4 Å². The van der Waals surface area contributed by atoms with Crippen LogP contribution in [0.1, 0.15) is 44.9 Å². The lowest BCUT2D eigenvalue weighted by molar-refractivity contribution is 0.0947. The molecule has 7 nitrogen and oxygen atoms in total. The molecule has 2 aromatic rings. The molecular formula is C17H22N4O3S. The Labute approximate surface area is 150 Å². The quantitative estimate of drug-likeness (QED) is 0.669. The summed E-state index contributed by atoms with van der Waals surface area (Å²) in [6.07, 6.45) is 2.51. The Morgan fingerprint density at radius 3 is 2.84 bits per heavy atom. The largest absolute Gasteiger partial charge is 0.385 e. The molecule has 8 heteroatoms. The van der Waals surface area contributed by atoms with Gasteiger partial charge in [-0.15, -0.1) is 10.2 Å². The first-order valence-corrected chi connectivity index (χ1v) is 8.96. The highest BCUT2D eigenvalue weighted by molar-refractivity contribution is 7.13. The van der Waals surface area contributed by atoms with Gasteiger partial charge in [-0.2, -0.15) is 0 Å². The Bertz CT molecular complexity index is 717. The van der Waals surface area contributed by atoms with E-state index in [2.05, 4.69) is 20.8 Å². The molecule has 0 spiro atoms. The monoisotopic (exact) mass is 362 g/mol. The maximum atomic E-state index is 12.2. The molecule has 0 bridgehead atoms. The Hall–Kier alpha value is -2.32. The van der Waals surface area contributed by atoms with Gasteiger partial charge in [-0.3, -0.25) is 9.59 Å². The second kappa shape index (κ2) is 9.85. The molecule has 2 rings (SSSR count). The number of benzene rings is 1. The normalized spacial score (nSPS) is 10.5. The van der Waals surface area contributed by atoms with Crippen molar-refractivity contribution >= 4 is 28.8 Å². The smallest absolute Gasteiger partial charge is 0.286 e. The van der Waals surface area contributed by atoms with E-state index in [4.69, 9.17) is 4.74 Å². The van der Waals surface area contributed by atoms with Gasteiger partial charge in [0.2, 0.25) is 5.01 Å². The van der Waals surface area contributed by atoms with Gasteiger partial charge in [0, 0.05) is 37.9 Å². The third kappa shape index (κ3) is 5.91. The minimum atomic E-state index is -0.322. The first-order chi connectivity index (χ1) is 12.1. The van der Waals surface area contributed by atoms with Crippen LogP contribution in [-0.2, 0) is 11.2 Å². The van der Waals surface area contributed by atoms with E-state index in [9.17, 15) is 9.59 Å². The van der Waals surface area contributed by atoms with E-state index in [1.807, 2.05) is 6.92 Å². The number of rotatable bonds is 9. The van der Waals surface area contributed by atoms with Crippen molar-refractivity contribution < 1.29 is 14.3 Å². The predicted octanol–water partition coefficient (Wildman–Crippen LogP) is 2.51. The fourth-order valence-corrected chi connectivity index (χ4v) is 2.94. The Balaban J connectivity index is 1.95. The summed E-state index contributed by atoms with van der Waals surface area (Å²) in [5, 5.41) is 14.6. The van der Waals surface area contributed by atoms with Crippen LogP contribution in [0.2, 0.25) is 0 Å². The fraction of sp³-hybridized carbons (Fsp3) is 0.412. The zero-order chi connectivity index (χ0) is 18.1. The Morgan fingerprint density at radius 1 is 1.24 bits per heavy atom. The molecule has 0 saturated carbocycles. The third-order valence-corrected chi connectivity index (χ3v) is 4.30. The molecule has 2 amide bonds. The minimum Gasteiger partial charge on any atom is -0.385 e. The summed E-state index contributed by atoms with van der Waals surface area (Å²) in [7, 11) is 1.62. The summed E-state index contributed by atoms with van der Waals surface area (Å²) in [6.45, 7) is 3.18. The van der Waals surface area contributed by atoms with Gasteiger partial charge in [0.15, 0.2) is 0 Å². The van der Waals surface area contributed by atoms with Gasteiger partial charge in [-0.1, -0.05) is 24.3 Å². The molecule has 0 aliphatic carbocycles. The summed E-state index contributed by atoms with van der Waals surface area (Å²) >= 11 is 1.29. The van der Waals surface area contributed by atoms with Gasteiger partial charge in [0.1, 0.15) is 5.01 Å². The number of methoxy groups -OCH3 is 1. The molecule has 134 valence electrons. The third-order valence-electron chi connectivity index (χ3n) is 3.32. The van der Waals surface area contributed by atoms with Crippen molar-refractivity contribution in [2.24, 2.45) is 0 Å². The van der Waals surface area contributed by atoms with Gasteiger partial charge in [0.05, 0.1) is 0 Å². The standard InChI is InChI=1S/C17H22N4O3S/c1-3-6-14-20-21-17(25-14)16(23)19-13-8-4-7-12(11-13)15(22)18-9-5-10-24-2/h4,7-8,11H,3,5-6,9-10H2,1-2H3,(H,18,22)(H,19,23). The molecule has 0 unspecified atom stereocenters. The van der Waals surface area contributed by atoms with Crippen molar-refractivity contribution in [1.82, 2.24) is 15.5 Å². The van der Waals surface area contributed by atoms with Crippen molar-refractivity contribution in [2.75, 3.05) is 25.6 Å². The highest BCUT2D eigenvalue weighted by atomic mass is 32.1. The highest BCUT2D eigenvalue weighted by Crippen LogP contribution is 2.15. The van der Waals surface area contributed by atoms with Crippen LogP contribution in [-0.4, -0.2) is 42.3 Å². The summed E-state index contributed by atoms with van der Waals surface area (Å²) in [4.78, 5) is 24.3. The highest BCUT2D eigenvalue weighted by Gasteiger charge is 2.13. The van der Waals surface area contributed by atoms with E-state index in [1.165, 1.54) is 11.3 Å². The van der Waals surface area contributed by atoms with E-state index in [0.29, 0.717) is 29.4 Å². The number of aromatic nitrogens is 2. The number of nitrogens with one attached hydrogen (secondary N) is 2. The van der Waals surface area contributed by atoms with Crippen LogP contribution in [0.4, 0.5) is 5.69 Å². The molecule has 25 heavy (non-hydrogen) atoms. The molecule has 2 N–H and O–H groups in total. The van der Waals surface area contributed by atoms with Crippen molar-refractivity contribution in [1.29, 1.82) is 0 Å². The van der Waals surface area contributed by atoms with Crippen LogP contribution in [0.5, 0.6) is 0 Å². The van der Waals surface area contributed by atoms with Gasteiger partial charge < -0.3 is 15.4 Å². The van der Waals surface area contributed by atoms with Crippen LogP contribution in [0, 0.1) is 0 Å². The molecule has 0 aliphatic rings. The van der Waals surface area contributed by atoms with Gasteiger partial charge >= 0.3 is 0 Å². The lowest BCUT2D eigenvalue weighted by Gasteiger charge is -2.07. The molecule has 0 atom stereocenters. The zero-order valence-electron chi connectivity index (χ0n) is 14.4. The Kier molecular flexibility index (Phi) is 7.49. The molecule has 1 aromatic carbocycles. The number of hydrogen-bond acceptors (Lipinski definition) is 6. The van der Waals surface area contributed by atoms with E-state index in [-0.39, 0.29) is 11.8 Å². The predicted molar refractivity (Wildman–Crippen MR) is 97.1 cm³/mol. The summed E-state index contributed by atoms with van der Waals surface area (Å²) in [5.74, 6) is -0.508. The second-order valence-electron chi connectivity index (χ2n) is 5.39. The minimum absolute atomic E-state index is 0.187. The van der Waals surface area contributed by atoms with Gasteiger partial charge in [-0.05, 0) is 31.0 Å². The SMILES string of the molecule is CCCc1nnc(C(=O)Nc2cccc(C(=O)NCCCOC)c2)s1. The first-order valence-electron chi connectivity index (χ1n) is 8.15. The Morgan fingerprint density at radius 2 is 2.08 bits per heavy atom.